The number of hydrogen-bond donors (Lipinski definition) is 3. The third-order valence-electron chi connectivity index (χ3n) is 3.22. The number of hydrogen-bond acceptors (Lipinski definition) is 6. The normalized spacial score (nSPS) is 25.1. The molecule has 3 atom stereocenters. The Balaban J connectivity index is 0.00000220. The summed E-state index contributed by atoms with van der Waals surface area (Å²) in [4.78, 5) is 27.6. The molecule has 8 nitrogen and oxygen atoms in total. The molecule has 9 heteroatoms. The predicted octanol–water partition coefficient (Wildman–Crippen LogP) is -1.34. The lowest BCUT2D eigenvalue weighted by molar-refractivity contribution is -0.0460. The summed E-state index contributed by atoms with van der Waals surface area (Å²) in [6, 6.07) is 0. The van der Waals surface area contributed by atoms with Crippen molar-refractivity contribution in [3.63, 3.8) is 0 Å². The van der Waals surface area contributed by atoms with Gasteiger partial charge < -0.3 is 19.8 Å². The Morgan fingerprint density at radius 3 is 2.67 bits per heavy atom. The van der Waals surface area contributed by atoms with E-state index in [4.69, 9.17) is 9.84 Å². The van der Waals surface area contributed by atoms with Crippen LogP contribution in [0.25, 0.3) is 0 Å². The molecule has 0 saturated carbocycles. The minimum Gasteiger partial charge on any atom is -0.394 e. The van der Waals surface area contributed by atoms with E-state index in [1.165, 1.54) is 10.8 Å². The number of ether oxygens (including phenoxy) is 1. The van der Waals surface area contributed by atoms with Crippen LogP contribution in [0.3, 0.4) is 0 Å². The molecule has 0 aliphatic carbocycles. The number of halogens is 1. The molecule has 1 aromatic heterocycles. The maximum absolute atomic E-state index is 11.8. The van der Waals surface area contributed by atoms with Gasteiger partial charge in [0.05, 0.1) is 12.7 Å². The Kier molecular flexibility index (Phi) is 6.11. The fraction of sp³-hybridized carbons (Fsp3) is 0.667. The molecular weight excluding hydrogens is 302 g/mol. The highest BCUT2D eigenvalue weighted by Crippen LogP contribution is 2.27. The van der Waals surface area contributed by atoms with Crippen LogP contribution in [-0.4, -0.2) is 57.6 Å². The van der Waals surface area contributed by atoms with Crippen molar-refractivity contribution >= 4 is 12.4 Å². The number of aliphatic hydroxyl groups is 2. The van der Waals surface area contributed by atoms with Gasteiger partial charge in [0.25, 0.3) is 5.56 Å². The highest BCUT2D eigenvalue weighted by molar-refractivity contribution is 5.85. The number of H-pyrrole nitrogens is 1. The summed E-state index contributed by atoms with van der Waals surface area (Å²) in [6.07, 6.45) is -0.596. The summed E-state index contributed by atoms with van der Waals surface area (Å²) in [6.45, 7) is 0.0641. The van der Waals surface area contributed by atoms with Gasteiger partial charge in [-0.05, 0) is 14.1 Å². The van der Waals surface area contributed by atoms with Crippen LogP contribution in [0.15, 0.2) is 15.8 Å². The minimum absolute atomic E-state index is 0. The first-order valence-electron chi connectivity index (χ1n) is 6.36. The van der Waals surface area contributed by atoms with Crippen LogP contribution >= 0.6 is 12.4 Å². The lowest BCUT2D eigenvalue weighted by Gasteiger charge is -2.16. The van der Waals surface area contributed by atoms with Crippen LogP contribution < -0.4 is 11.2 Å². The van der Waals surface area contributed by atoms with E-state index in [1.54, 1.807) is 4.90 Å². The maximum Gasteiger partial charge on any atom is 0.330 e. The van der Waals surface area contributed by atoms with Crippen molar-refractivity contribution in [3.05, 3.63) is 32.6 Å². The second-order valence-corrected chi connectivity index (χ2v) is 5.17. The third-order valence-corrected chi connectivity index (χ3v) is 3.22. The fourth-order valence-electron chi connectivity index (χ4n) is 2.24. The lowest BCUT2D eigenvalue weighted by Crippen LogP contribution is -2.35. The molecule has 0 amide bonds. The SMILES string of the molecule is CN(C)Cc1cn([C@H]2C[C@H](O)[C@@H](CO)O2)c(=O)[nH]c1=O.Cl. The Hall–Kier alpha value is -1.19. The molecule has 21 heavy (non-hydrogen) atoms. The molecular formula is C12H20ClN3O5. The van der Waals surface area contributed by atoms with Crippen LogP contribution in [0.2, 0.25) is 0 Å². The van der Waals surface area contributed by atoms with Gasteiger partial charge >= 0.3 is 5.69 Å². The molecule has 1 aromatic rings. The standard InChI is InChI=1S/C12H19N3O5.ClH/c1-14(2)4-7-5-15(12(19)13-11(7)18)10-3-8(17)9(6-16)20-10;/h5,8-10,16-17H,3-4,6H2,1-2H3,(H,13,18,19);1H/t8-,9+,10+;/m0./s1. The number of aromatic amines is 1. The van der Waals surface area contributed by atoms with E-state index in [2.05, 4.69) is 4.98 Å². The molecule has 120 valence electrons. The van der Waals surface area contributed by atoms with Crippen molar-refractivity contribution in [1.29, 1.82) is 0 Å². The van der Waals surface area contributed by atoms with Gasteiger partial charge in [0, 0.05) is 24.7 Å². The number of rotatable bonds is 4. The monoisotopic (exact) mass is 321 g/mol. The second kappa shape index (κ2) is 7.19. The van der Waals surface area contributed by atoms with E-state index < -0.39 is 29.7 Å². The first-order valence-corrected chi connectivity index (χ1v) is 6.36. The molecule has 0 radical (unpaired) electrons. The summed E-state index contributed by atoms with van der Waals surface area (Å²) in [5, 5.41) is 18.8. The largest absolute Gasteiger partial charge is 0.394 e. The van der Waals surface area contributed by atoms with E-state index >= 15 is 0 Å². The van der Waals surface area contributed by atoms with Crippen molar-refractivity contribution in [2.24, 2.45) is 0 Å². The van der Waals surface area contributed by atoms with Gasteiger partial charge in [-0.3, -0.25) is 14.3 Å². The Morgan fingerprint density at radius 1 is 1.48 bits per heavy atom. The molecule has 2 rings (SSSR count). The minimum atomic E-state index is -0.832. The quantitative estimate of drug-likeness (QED) is 0.633. The number of nitrogens with one attached hydrogen (secondary N) is 1. The zero-order valence-electron chi connectivity index (χ0n) is 11.9. The van der Waals surface area contributed by atoms with E-state index in [1.807, 2.05) is 14.1 Å². The predicted molar refractivity (Wildman–Crippen MR) is 77.6 cm³/mol. The summed E-state index contributed by atoms with van der Waals surface area (Å²) >= 11 is 0. The summed E-state index contributed by atoms with van der Waals surface area (Å²) in [7, 11) is 3.62. The van der Waals surface area contributed by atoms with Gasteiger partial charge in [-0.25, -0.2) is 4.79 Å². The van der Waals surface area contributed by atoms with Gasteiger partial charge in [0.2, 0.25) is 0 Å². The molecule has 1 aliphatic heterocycles. The van der Waals surface area contributed by atoms with Crippen molar-refractivity contribution in [2.45, 2.75) is 31.4 Å². The highest BCUT2D eigenvalue weighted by Gasteiger charge is 2.35. The number of aliphatic hydroxyl groups excluding tert-OH is 2. The molecule has 1 aliphatic rings. The van der Waals surface area contributed by atoms with Crippen molar-refractivity contribution in [1.82, 2.24) is 14.5 Å². The Morgan fingerprint density at radius 2 is 2.14 bits per heavy atom. The molecule has 2 heterocycles. The molecule has 1 saturated heterocycles. The zero-order valence-corrected chi connectivity index (χ0v) is 12.7. The molecule has 0 aromatic carbocycles. The molecule has 3 N–H and O–H groups in total. The van der Waals surface area contributed by atoms with Gasteiger partial charge in [-0.1, -0.05) is 0 Å². The summed E-state index contributed by atoms with van der Waals surface area (Å²) in [5.74, 6) is 0. The van der Waals surface area contributed by atoms with Crippen LogP contribution in [0, 0.1) is 0 Å². The number of nitrogens with zero attached hydrogens (tertiary/aromatic N) is 2. The van der Waals surface area contributed by atoms with E-state index in [0.717, 1.165) is 0 Å². The fourth-order valence-corrected chi connectivity index (χ4v) is 2.24. The van der Waals surface area contributed by atoms with Crippen molar-refractivity contribution in [2.75, 3.05) is 20.7 Å². The number of aromatic nitrogens is 2. The van der Waals surface area contributed by atoms with Crippen LogP contribution in [-0.2, 0) is 11.3 Å². The van der Waals surface area contributed by atoms with E-state index in [-0.39, 0.29) is 25.4 Å². The Labute approximate surface area is 127 Å². The van der Waals surface area contributed by atoms with E-state index in [0.29, 0.717) is 12.1 Å². The first kappa shape index (κ1) is 17.9. The van der Waals surface area contributed by atoms with Crippen LogP contribution in [0.5, 0.6) is 0 Å². The van der Waals surface area contributed by atoms with Gasteiger partial charge in [0.1, 0.15) is 12.3 Å². The maximum atomic E-state index is 11.8. The molecule has 0 spiro atoms. The van der Waals surface area contributed by atoms with Crippen LogP contribution in [0.4, 0.5) is 0 Å². The third kappa shape index (κ3) is 3.92. The molecule has 0 unspecified atom stereocenters. The van der Waals surface area contributed by atoms with Crippen LogP contribution in [0.1, 0.15) is 18.2 Å². The second-order valence-electron chi connectivity index (χ2n) is 5.17. The topological polar surface area (TPSA) is 108 Å². The lowest BCUT2D eigenvalue weighted by atomic mass is 10.2. The average Bonchev–Trinajstić information content (AvgIpc) is 2.73. The molecule has 1 fully saturated rings. The van der Waals surface area contributed by atoms with Gasteiger partial charge in [0.15, 0.2) is 0 Å². The van der Waals surface area contributed by atoms with Crippen molar-refractivity contribution in [3.8, 4) is 0 Å². The van der Waals surface area contributed by atoms with E-state index in [9.17, 15) is 14.7 Å². The smallest absolute Gasteiger partial charge is 0.330 e. The molecule has 0 bridgehead atoms. The Bertz CT molecular complexity index is 585. The first-order chi connectivity index (χ1) is 9.42. The van der Waals surface area contributed by atoms with Crippen molar-refractivity contribution < 1.29 is 14.9 Å². The van der Waals surface area contributed by atoms with Gasteiger partial charge in [-0.2, -0.15) is 0 Å². The summed E-state index contributed by atoms with van der Waals surface area (Å²) in [5.41, 5.74) is -0.592. The van der Waals surface area contributed by atoms with Gasteiger partial charge in [-0.15, -0.1) is 12.4 Å². The zero-order chi connectivity index (χ0) is 14.9. The highest BCUT2D eigenvalue weighted by atomic mass is 35.5. The average molecular weight is 322 g/mol. The summed E-state index contributed by atoms with van der Waals surface area (Å²) < 4.78 is 6.67.